The molecule has 0 aliphatic heterocycles. The Labute approximate surface area is 136 Å². The van der Waals surface area contributed by atoms with Crippen molar-refractivity contribution in [2.45, 2.75) is 64.8 Å². The van der Waals surface area contributed by atoms with Crippen molar-refractivity contribution in [3.05, 3.63) is 66.0 Å². The van der Waals surface area contributed by atoms with Crippen LogP contribution in [0, 0.1) is 0 Å². The van der Waals surface area contributed by atoms with Crippen molar-refractivity contribution in [2.24, 2.45) is 0 Å². The number of aromatic nitrogens is 1. The molecule has 0 radical (unpaired) electrons. The van der Waals surface area contributed by atoms with Gasteiger partial charge in [0, 0.05) is 18.1 Å². The van der Waals surface area contributed by atoms with Crippen molar-refractivity contribution in [3.63, 3.8) is 0 Å². The highest BCUT2D eigenvalue weighted by Gasteiger charge is 2.03. The molecular formula is C21H30N+. The van der Waals surface area contributed by atoms with Crippen LogP contribution in [0.5, 0.6) is 0 Å². The minimum Gasteiger partial charge on any atom is -0.205 e. The van der Waals surface area contributed by atoms with Crippen molar-refractivity contribution in [1.82, 2.24) is 0 Å². The number of benzene rings is 1. The molecule has 0 N–H and O–H groups in total. The summed E-state index contributed by atoms with van der Waals surface area (Å²) >= 11 is 0. The lowest BCUT2D eigenvalue weighted by Crippen LogP contribution is -2.33. The number of hydrogen-bond donors (Lipinski definition) is 0. The van der Waals surface area contributed by atoms with Gasteiger partial charge in [-0.15, -0.1) is 0 Å². The maximum absolute atomic E-state index is 2.35. The highest BCUT2D eigenvalue weighted by molar-refractivity contribution is 5.14. The standard InChI is InChI=1S/C21H30N/c1-2-3-4-5-7-14-21-16-11-18-22(19-21)17-10-15-20-12-8-6-9-13-20/h6,8-9,11-13,16,18-19H,2-5,7,10,14-15,17H2,1H3/q+1. The average Bonchev–Trinajstić information content (AvgIpc) is 2.56. The number of aryl methyl sites for hydroxylation is 3. The van der Waals surface area contributed by atoms with E-state index in [1.807, 2.05) is 0 Å². The molecular weight excluding hydrogens is 266 g/mol. The van der Waals surface area contributed by atoms with Crippen molar-refractivity contribution in [1.29, 1.82) is 0 Å². The van der Waals surface area contributed by atoms with E-state index in [0.29, 0.717) is 0 Å². The quantitative estimate of drug-likeness (QED) is 0.423. The van der Waals surface area contributed by atoms with Crippen LogP contribution in [0.4, 0.5) is 0 Å². The minimum atomic E-state index is 1.11. The van der Waals surface area contributed by atoms with E-state index in [2.05, 4.69) is 66.3 Å². The van der Waals surface area contributed by atoms with E-state index in [0.717, 1.165) is 13.0 Å². The average molecular weight is 296 g/mol. The van der Waals surface area contributed by atoms with Crippen LogP contribution >= 0.6 is 0 Å². The van der Waals surface area contributed by atoms with Crippen LogP contribution < -0.4 is 4.57 Å². The monoisotopic (exact) mass is 296 g/mol. The summed E-state index contributed by atoms with van der Waals surface area (Å²) in [6.45, 7) is 3.38. The third-order valence-corrected chi connectivity index (χ3v) is 4.21. The minimum absolute atomic E-state index is 1.11. The van der Waals surface area contributed by atoms with E-state index in [1.54, 1.807) is 0 Å². The second-order valence-electron chi connectivity index (χ2n) is 6.20. The highest BCUT2D eigenvalue weighted by atomic mass is 14.9. The molecule has 118 valence electrons. The van der Waals surface area contributed by atoms with E-state index >= 15 is 0 Å². The first-order valence-corrected chi connectivity index (χ1v) is 8.90. The molecule has 0 saturated heterocycles. The molecule has 2 rings (SSSR count). The van der Waals surface area contributed by atoms with Crippen LogP contribution in [-0.2, 0) is 19.4 Å². The summed E-state index contributed by atoms with van der Waals surface area (Å²) in [5.41, 5.74) is 2.92. The van der Waals surface area contributed by atoms with Crippen molar-refractivity contribution in [2.75, 3.05) is 0 Å². The summed E-state index contributed by atoms with van der Waals surface area (Å²) < 4.78 is 2.35. The fraction of sp³-hybridized carbons (Fsp3) is 0.476. The molecule has 22 heavy (non-hydrogen) atoms. The summed E-state index contributed by atoms with van der Waals surface area (Å²) in [7, 11) is 0. The molecule has 0 aliphatic rings. The Morgan fingerprint density at radius 3 is 2.27 bits per heavy atom. The summed E-state index contributed by atoms with van der Waals surface area (Å²) in [5, 5.41) is 0. The zero-order valence-corrected chi connectivity index (χ0v) is 14.0. The molecule has 1 aromatic carbocycles. The summed E-state index contributed by atoms with van der Waals surface area (Å²) in [6.07, 6.45) is 14.9. The Morgan fingerprint density at radius 1 is 0.727 bits per heavy atom. The Kier molecular flexibility index (Phi) is 7.73. The molecule has 2 aromatic rings. The SMILES string of the molecule is CCCCCCCc1ccc[n+](CCCc2ccccc2)c1. The summed E-state index contributed by atoms with van der Waals surface area (Å²) in [4.78, 5) is 0. The van der Waals surface area contributed by atoms with Gasteiger partial charge in [0.05, 0.1) is 0 Å². The molecule has 0 saturated carbocycles. The molecule has 0 bridgehead atoms. The molecule has 0 spiro atoms. The van der Waals surface area contributed by atoms with Gasteiger partial charge in [-0.05, 0) is 30.9 Å². The van der Waals surface area contributed by atoms with Crippen LogP contribution in [-0.4, -0.2) is 0 Å². The summed E-state index contributed by atoms with van der Waals surface area (Å²) in [5.74, 6) is 0. The largest absolute Gasteiger partial charge is 0.205 e. The van der Waals surface area contributed by atoms with E-state index in [1.165, 1.54) is 56.1 Å². The van der Waals surface area contributed by atoms with E-state index in [9.17, 15) is 0 Å². The first kappa shape index (κ1) is 16.7. The topological polar surface area (TPSA) is 3.88 Å². The highest BCUT2D eigenvalue weighted by Crippen LogP contribution is 2.07. The molecule has 0 unspecified atom stereocenters. The van der Waals surface area contributed by atoms with Gasteiger partial charge in [0.25, 0.3) is 0 Å². The molecule has 0 atom stereocenters. The van der Waals surface area contributed by atoms with Gasteiger partial charge < -0.3 is 0 Å². The van der Waals surface area contributed by atoms with Gasteiger partial charge in [0.15, 0.2) is 12.4 Å². The third kappa shape index (κ3) is 6.43. The number of rotatable bonds is 10. The van der Waals surface area contributed by atoms with Crippen LogP contribution in [0.3, 0.4) is 0 Å². The first-order chi connectivity index (χ1) is 10.9. The molecule has 1 heterocycles. The Morgan fingerprint density at radius 2 is 1.45 bits per heavy atom. The number of hydrogen-bond acceptors (Lipinski definition) is 0. The van der Waals surface area contributed by atoms with Crippen LogP contribution in [0.2, 0.25) is 0 Å². The molecule has 1 nitrogen and oxygen atoms in total. The zero-order valence-electron chi connectivity index (χ0n) is 14.0. The van der Waals surface area contributed by atoms with Gasteiger partial charge in [-0.3, -0.25) is 0 Å². The third-order valence-electron chi connectivity index (χ3n) is 4.21. The van der Waals surface area contributed by atoms with Gasteiger partial charge >= 0.3 is 0 Å². The Balaban J connectivity index is 1.71. The zero-order chi connectivity index (χ0) is 15.5. The van der Waals surface area contributed by atoms with Crippen LogP contribution in [0.25, 0.3) is 0 Å². The van der Waals surface area contributed by atoms with Crippen molar-refractivity contribution >= 4 is 0 Å². The fourth-order valence-corrected chi connectivity index (χ4v) is 2.91. The normalized spacial score (nSPS) is 10.8. The van der Waals surface area contributed by atoms with Crippen LogP contribution in [0.1, 0.15) is 56.6 Å². The summed E-state index contributed by atoms with van der Waals surface area (Å²) in [6, 6.07) is 15.2. The molecule has 1 aromatic heterocycles. The lowest BCUT2D eigenvalue weighted by molar-refractivity contribution is -0.697. The van der Waals surface area contributed by atoms with Gasteiger partial charge in [-0.1, -0.05) is 62.9 Å². The van der Waals surface area contributed by atoms with Crippen LogP contribution in [0.15, 0.2) is 54.9 Å². The molecule has 0 aliphatic carbocycles. The molecule has 0 amide bonds. The van der Waals surface area contributed by atoms with Gasteiger partial charge in [-0.2, -0.15) is 0 Å². The Bertz CT molecular complexity index is 518. The van der Waals surface area contributed by atoms with Crippen molar-refractivity contribution < 1.29 is 4.57 Å². The maximum Gasteiger partial charge on any atom is 0.171 e. The lowest BCUT2D eigenvalue weighted by Gasteiger charge is -2.02. The first-order valence-electron chi connectivity index (χ1n) is 8.90. The second-order valence-corrected chi connectivity index (χ2v) is 6.20. The van der Waals surface area contributed by atoms with Crippen molar-refractivity contribution in [3.8, 4) is 0 Å². The van der Waals surface area contributed by atoms with E-state index < -0.39 is 0 Å². The second kappa shape index (κ2) is 10.2. The predicted molar refractivity (Wildman–Crippen MR) is 93.9 cm³/mol. The molecule has 0 fully saturated rings. The smallest absolute Gasteiger partial charge is 0.171 e. The Hall–Kier alpha value is -1.63. The van der Waals surface area contributed by atoms with Gasteiger partial charge in [0.2, 0.25) is 0 Å². The number of unbranched alkanes of at least 4 members (excludes halogenated alkanes) is 4. The van der Waals surface area contributed by atoms with E-state index in [-0.39, 0.29) is 0 Å². The number of pyridine rings is 1. The molecule has 1 heteroatoms. The lowest BCUT2D eigenvalue weighted by atomic mass is 10.1. The van der Waals surface area contributed by atoms with Gasteiger partial charge in [-0.25, -0.2) is 4.57 Å². The van der Waals surface area contributed by atoms with E-state index in [4.69, 9.17) is 0 Å². The maximum atomic E-state index is 2.35. The predicted octanol–water partition coefficient (Wildman–Crippen LogP) is 5.12. The van der Waals surface area contributed by atoms with Gasteiger partial charge in [0.1, 0.15) is 6.54 Å². The fourth-order valence-electron chi connectivity index (χ4n) is 2.91. The number of nitrogens with zero attached hydrogens (tertiary/aromatic N) is 1.